The molecule has 0 bridgehead atoms. The fourth-order valence-corrected chi connectivity index (χ4v) is 2.85. The smallest absolute Gasteiger partial charge is 0.249 e. The maximum Gasteiger partial charge on any atom is 0.249 e. The normalized spacial score (nSPS) is 17.4. The van der Waals surface area contributed by atoms with Crippen molar-refractivity contribution in [3.8, 4) is 0 Å². The van der Waals surface area contributed by atoms with Crippen molar-refractivity contribution < 1.29 is 9.59 Å². The highest BCUT2D eigenvalue weighted by Crippen LogP contribution is 2.38. The van der Waals surface area contributed by atoms with E-state index < -0.39 is 0 Å². The van der Waals surface area contributed by atoms with Crippen molar-refractivity contribution in [3.05, 3.63) is 23.2 Å². The molecule has 0 fully saturated rings. The van der Waals surface area contributed by atoms with E-state index in [9.17, 15) is 9.59 Å². The molecule has 0 saturated carbocycles. The van der Waals surface area contributed by atoms with Gasteiger partial charge in [0.2, 0.25) is 5.91 Å². The molecule has 0 spiro atoms. The van der Waals surface area contributed by atoms with Gasteiger partial charge in [0.1, 0.15) is 0 Å². The van der Waals surface area contributed by atoms with Crippen LogP contribution in [0, 0.1) is 5.41 Å². The summed E-state index contributed by atoms with van der Waals surface area (Å²) in [7, 11) is 0. The lowest BCUT2D eigenvalue weighted by atomic mass is 9.78. The van der Waals surface area contributed by atoms with Crippen LogP contribution in [0.1, 0.15) is 35.6 Å². The first kappa shape index (κ1) is 12.0. The molecule has 1 aromatic heterocycles. The Bertz CT molecular complexity index is 503. The van der Waals surface area contributed by atoms with Crippen LogP contribution < -0.4 is 5.32 Å². The maximum absolute atomic E-state index is 11.9. The van der Waals surface area contributed by atoms with E-state index in [4.69, 9.17) is 0 Å². The van der Waals surface area contributed by atoms with Gasteiger partial charge in [-0.3, -0.25) is 14.9 Å². The first-order chi connectivity index (χ1) is 7.91. The molecule has 0 radical (unpaired) electrons. The number of nitrogens with zero attached hydrogens (tertiary/aromatic N) is 1. The second kappa shape index (κ2) is 4.07. The lowest BCUT2D eigenvalue weighted by Gasteiger charge is -2.26. The minimum Gasteiger partial charge on any atom is -0.298 e. The van der Waals surface area contributed by atoms with Gasteiger partial charge >= 0.3 is 0 Å². The van der Waals surface area contributed by atoms with Gasteiger partial charge in [-0.2, -0.15) is 0 Å². The van der Waals surface area contributed by atoms with Crippen molar-refractivity contribution in [2.75, 3.05) is 5.32 Å². The number of ketones is 1. The number of carbonyl (C=O) groups is 2. The second-order valence-electron chi connectivity index (χ2n) is 4.93. The number of rotatable bonds is 2. The molecule has 17 heavy (non-hydrogen) atoms. The predicted molar refractivity (Wildman–Crippen MR) is 67.4 cm³/mol. The van der Waals surface area contributed by atoms with Crippen LogP contribution >= 0.6 is 11.3 Å². The van der Waals surface area contributed by atoms with E-state index in [2.05, 4.69) is 30.7 Å². The molecule has 0 aliphatic heterocycles. The molecule has 0 saturated heterocycles. The lowest BCUT2D eigenvalue weighted by Crippen LogP contribution is -2.26. The van der Waals surface area contributed by atoms with Crippen LogP contribution in [0.25, 0.3) is 0 Å². The van der Waals surface area contributed by atoms with Gasteiger partial charge in [0.25, 0.3) is 0 Å². The molecule has 2 rings (SSSR count). The van der Waals surface area contributed by atoms with Crippen LogP contribution in [-0.4, -0.2) is 16.7 Å². The van der Waals surface area contributed by atoms with Gasteiger partial charge in [0.05, 0.1) is 10.6 Å². The van der Waals surface area contributed by atoms with Crippen LogP contribution in [0.15, 0.2) is 12.7 Å². The lowest BCUT2D eigenvalue weighted by molar-refractivity contribution is -0.111. The number of amides is 1. The van der Waals surface area contributed by atoms with Gasteiger partial charge in [-0.1, -0.05) is 31.8 Å². The Balaban J connectivity index is 2.30. The zero-order valence-corrected chi connectivity index (χ0v) is 10.7. The highest BCUT2D eigenvalue weighted by atomic mass is 32.1. The van der Waals surface area contributed by atoms with Crippen molar-refractivity contribution in [1.82, 2.24) is 4.98 Å². The summed E-state index contributed by atoms with van der Waals surface area (Å²) in [6.45, 7) is 7.48. The third kappa shape index (κ3) is 2.44. The summed E-state index contributed by atoms with van der Waals surface area (Å²) in [5.74, 6) is -0.185. The highest BCUT2D eigenvalue weighted by Gasteiger charge is 2.33. The standard InChI is InChI=1S/C12H14N2O2S/c1-4-9(16)14-11-13-7-5-12(2,3)6-8(15)10(7)17-11/h4H,1,5-6H2,2-3H3,(H,13,14,16). The summed E-state index contributed by atoms with van der Waals surface area (Å²) < 4.78 is 0. The van der Waals surface area contributed by atoms with E-state index in [1.165, 1.54) is 17.4 Å². The number of carbonyl (C=O) groups excluding carboxylic acids is 2. The summed E-state index contributed by atoms with van der Waals surface area (Å²) in [5.41, 5.74) is 0.758. The van der Waals surface area contributed by atoms with E-state index in [1.54, 1.807) is 0 Å². The highest BCUT2D eigenvalue weighted by molar-refractivity contribution is 7.17. The predicted octanol–water partition coefficient (Wildman–Crippen LogP) is 2.42. The summed E-state index contributed by atoms with van der Waals surface area (Å²) in [4.78, 5) is 28.0. The molecular formula is C12H14N2O2S. The fourth-order valence-electron chi connectivity index (χ4n) is 1.93. The van der Waals surface area contributed by atoms with Crippen LogP contribution in [0.3, 0.4) is 0 Å². The summed E-state index contributed by atoms with van der Waals surface area (Å²) in [6, 6.07) is 0. The van der Waals surface area contributed by atoms with Crippen LogP contribution in [0.2, 0.25) is 0 Å². The maximum atomic E-state index is 11.9. The summed E-state index contributed by atoms with van der Waals surface area (Å²) >= 11 is 1.25. The van der Waals surface area contributed by atoms with E-state index in [0.29, 0.717) is 16.4 Å². The molecule has 0 atom stereocenters. The zero-order chi connectivity index (χ0) is 12.6. The minimum atomic E-state index is -0.303. The largest absolute Gasteiger partial charge is 0.298 e. The van der Waals surface area contributed by atoms with Gasteiger partial charge in [0.15, 0.2) is 10.9 Å². The molecule has 1 aliphatic rings. The third-order valence-electron chi connectivity index (χ3n) is 2.65. The second-order valence-corrected chi connectivity index (χ2v) is 5.93. The van der Waals surface area contributed by atoms with Crippen LogP contribution in [0.4, 0.5) is 5.13 Å². The number of thiazole rings is 1. The monoisotopic (exact) mass is 250 g/mol. The number of hydrogen-bond donors (Lipinski definition) is 1. The van der Waals surface area contributed by atoms with Crippen molar-refractivity contribution in [1.29, 1.82) is 0 Å². The Kier molecular flexibility index (Phi) is 2.87. The SMILES string of the molecule is C=CC(=O)Nc1nc2c(s1)C(=O)CC(C)(C)C2. The molecule has 1 aliphatic carbocycles. The quantitative estimate of drug-likeness (QED) is 0.820. The first-order valence-electron chi connectivity index (χ1n) is 5.37. The number of anilines is 1. The Morgan fingerprint density at radius 1 is 1.53 bits per heavy atom. The van der Waals surface area contributed by atoms with Gasteiger partial charge < -0.3 is 0 Å². The van der Waals surface area contributed by atoms with Gasteiger partial charge in [-0.05, 0) is 17.9 Å². The minimum absolute atomic E-state index is 0.0438. The molecule has 90 valence electrons. The number of fused-ring (bicyclic) bond motifs is 1. The van der Waals surface area contributed by atoms with E-state index >= 15 is 0 Å². The molecule has 0 unspecified atom stereocenters. The molecule has 1 heterocycles. The van der Waals surface area contributed by atoms with Crippen LogP contribution in [0.5, 0.6) is 0 Å². The van der Waals surface area contributed by atoms with Crippen molar-refractivity contribution in [3.63, 3.8) is 0 Å². The average molecular weight is 250 g/mol. The fraction of sp³-hybridized carbons (Fsp3) is 0.417. The van der Waals surface area contributed by atoms with Crippen molar-refractivity contribution in [2.24, 2.45) is 5.41 Å². The van der Waals surface area contributed by atoms with Gasteiger partial charge in [0, 0.05) is 6.42 Å². The number of Topliss-reactive ketones (excluding diaryl/α,β-unsaturated/α-hetero) is 1. The number of nitrogens with one attached hydrogen (secondary N) is 1. The molecule has 4 nitrogen and oxygen atoms in total. The Morgan fingerprint density at radius 2 is 2.24 bits per heavy atom. The molecule has 1 amide bonds. The Labute approximate surface area is 104 Å². The molecule has 1 N–H and O–H groups in total. The number of hydrogen-bond acceptors (Lipinski definition) is 4. The summed E-state index contributed by atoms with van der Waals surface area (Å²) in [5, 5.41) is 3.07. The van der Waals surface area contributed by atoms with E-state index in [0.717, 1.165) is 12.1 Å². The number of aromatic nitrogens is 1. The average Bonchev–Trinajstić information content (AvgIpc) is 2.58. The van der Waals surface area contributed by atoms with Crippen molar-refractivity contribution >= 4 is 28.2 Å². The van der Waals surface area contributed by atoms with Gasteiger partial charge in [-0.15, -0.1) is 0 Å². The summed E-state index contributed by atoms with van der Waals surface area (Å²) in [6.07, 6.45) is 2.50. The Hall–Kier alpha value is -1.49. The molecule has 0 aromatic carbocycles. The Morgan fingerprint density at radius 3 is 2.88 bits per heavy atom. The van der Waals surface area contributed by atoms with E-state index in [1.807, 2.05) is 0 Å². The van der Waals surface area contributed by atoms with Crippen LogP contribution in [-0.2, 0) is 11.2 Å². The topological polar surface area (TPSA) is 59.1 Å². The third-order valence-corrected chi connectivity index (χ3v) is 3.71. The van der Waals surface area contributed by atoms with Crippen molar-refractivity contribution in [2.45, 2.75) is 26.7 Å². The van der Waals surface area contributed by atoms with Gasteiger partial charge in [-0.25, -0.2) is 4.98 Å². The first-order valence-corrected chi connectivity index (χ1v) is 6.19. The molecule has 5 heteroatoms. The molecular weight excluding hydrogens is 236 g/mol. The van der Waals surface area contributed by atoms with E-state index in [-0.39, 0.29) is 17.1 Å². The zero-order valence-electron chi connectivity index (χ0n) is 9.87. The molecule has 1 aromatic rings.